The van der Waals surface area contributed by atoms with E-state index in [0.29, 0.717) is 16.9 Å². The molecular formula is C23H26N4O8. The molecule has 0 saturated carbocycles. The van der Waals surface area contributed by atoms with Crippen LogP contribution in [0.5, 0.6) is 11.5 Å². The highest BCUT2D eigenvalue weighted by molar-refractivity contribution is 5.92. The van der Waals surface area contributed by atoms with E-state index in [0.717, 1.165) is 0 Å². The zero-order valence-electron chi connectivity index (χ0n) is 19.6. The van der Waals surface area contributed by atoms with E-state index in [-0.39, 0.29) is 29.0 Å². The highest BCUT2D eigenvalue weighted by atomic mass is 16.6. The maximum Gasteiger partial charge on any atom is 0.326 e. The number of benzene rings is 2. The summed E-state index contributed by atoms with van der Waals surface area (Å²) in [6.45, 7) is 1.43. The van der Waals surface area contributed by atoms with Crippen molar-refractivity contribution in [3.8, 4) is 22.6 Å². The van der Waals surface area contributed by atoms with E-state index in [9.17, 15) is 29.6 Å². The molecule has 0 radical (unpaired) electrons. The Bertz CT molecular complexity index is 1180. The standard InChI is InChI=1S/C23H26N4O8/c1-11-21(28)26-16(23(30)31)8-12-7-15(20(35-4)17(9-12)27(32)33)14-10-13(5-6-18(14)34-3)19(24-2)22(29)25-11/h5-7,9-11,16,19,24H,8H2,1-4H3,(H,25,29)(H,26,28)(H,30,31)/t11-,16-,19-/m0/s1. The summed E-state index contributed by atoms with van der Waals surface area (Å²) in [5, 5.41) is 29.4. The first kappa shape index (κ1) is 25.4. The molecule has 12 heteroatoms. The Kier molecular flexibility index (Phi) is 7.55. The molecule has 0 saturated heterocycles. The van der Waals surface area contributed by atoms with Gasteiger partial charge < -0.3 is 30.5 Å². The fourth-order valence-corrected chi connectivity index (χ4v) is 4.00. The van der Waals surface area contributed by atoms with E-state index in [2.05, 4.69) is 16.0 Å². The number of rotatable bonds is 5. The Morgan fingerprint density at radius 1 is 1.11 bits per heavy atom. The van der Waals surface area contributed by atoms with Gasteiger partial charge in [-0.2, -0.15) is 0 Å². The predicted octanol–water partition coefficient (Wildman–Crippen LogP) is 1.17. The molecule has 0 spiro atoms. The maximum atomic E-state index is 13.0. The number of nitro benzene ring substituents is 1. The number of amides is 2. The van der Waals surface area contributed by atoms with Crippen LogP contribution in [0.15, 0.2) is 30.3 Å². The van der Waals surface area contributed by atoms with Crippen LogP contribution in [0, 0.1) is 10.1 Å². The van der Waals surface area contributed by atoms with Gasteiger partial charge in [0.15, 0.2) is 0 Å². The third kappa shape index (κ3) is 5.17. The number of nitro groups is 1. The normalized spacial score (nSPS) is 20.2. The largest absolute Gasteiger partial charge is 0.496 e. The molecule has 2 amide bonds. The molecule has 2 aromatic rings. The third-order valence-corrected chi connectivity index (χ3v) is 5.73. The second-order valence-electron chi connectivity index (χ2n) is 7.97. The van der Waals surface area contributed by atoms with E-state index in [1.54, 1.807) is 31.3 Å². The van der Waals surface area contributed by atoms with E-state index < -0.39 is 40.8 Å². The number of carboxylic acids is 1. The highest BCUT2D eigenvalue weighted by Crippen LogP contribution is 2.43. The van der Waals surface area contributed by atoms with Gasteiger partial charge in [-0.3, -0.25) is 19.7 Å². The summed E-state index contributed by atoms with van der Waals surface area (Å²) in [4.78, 5) is 48.8. The summed E-state index contributed by atoms with van der Waals surface area (Å²) in [7, 11) is 4.28. The second-order valence-corrected chi connectivity index (χ2v) is 7.97. The molecule has 2 aromatic carbocycles. The molecule has 4 N–H and O–H groups in total. The minimum absolute atomic E-state index is 0.0590. The molecule has 0 aliphatic carbocycles. The van der Waals surface area contributed by atoms with Crippen LogP contribution >= 0.6 is 0 Å². The number of fused-ring (bicyclic) bond motifs is 5. The van der Waals surface area contributed by atoms with Crippen LogP contribution in [-0.4, -0.2) is 61.2 Å². The Labute approximate surface area is 200 Å². The SMILES string of the molecule is CN[C@@H]1C(=O)N[C@@H](C)C(=O)N[C@H](C(=O)O)Cc2cc(c(OC)c([N+](=O)[O-])c2)-c2cc1ccc2OC. The van der Waals surface area contributed by atoms with Crippen molar-refractivity contribution in [1.29, 1.82) is 0 Å². The van der Waals surface area contributed by atoms with Gasteiger partial charge >= 0.3 is 11.7 Å². The number of carbonyl (C=O) groups excluding carboxylic acids is 2. The summed E-state index contributed by atoms with van der Waals surface area (Å²) in [5.41, 5.74) is 1.08. The van der Waals surface area contributed by atoms with Crippen molar-refractivity contribution in [2.24, 2.45) is 0 Å². The number of ether oxygens (including phenoxy) is 2. The first-order valence-corrected chi connectivity index (χ1v) is 10.7. The van der Waals surface area contributed by atoms with Gasteiger partial charge in [0.1, 0.15) is 23.9 Å². The molecule has 12 nitrogen and oxygen atoms in total. The topological polar surface area (TPSA) is 169 Å². The molecular weight excluding hydrogens is 460 g/mol. The van der Waals surface area contributed by atoms with Crippen LogP contribution in [0.2, 0.25) is 0 Å². The van der Waals surface area contributed by atoms with Crippen molar-refractivity contribution in [2.45, 2.75) is 31.5 Å². The molecule has 1 aliphatic heterocycles. The van der Waals surface area contributed by atoms with Gasteiger partial charge in [0, 0.05) is 23.6 Å². The van der Waals surface area contributed by atoms with Crippen molar-refractivity contribution in [2.75, 3.05) is 21.3 Å². The monoisotopic (exact) mass is 486 g/mol. The van der Waals surface area contributed by atoms with Gasteiger partial charge in [0.2, 0.25) is 17.6 Å². The molecule has 35 heavy (non-hydrogen) atoms. The van der Waals surface area contributed by atoms with Crippen LogP contribution in [0.4, 0.5) is 5.69 Å². The number of hydrogen-bond donors (Lipinski definition) is 4. The van der Waals surface area contributed by atoms with E-state index >= 15 is 0 Å². The van der Waals surface area contributed by atoms with E-state index in [1.165, 1.54) is 27.2 Å². The molecule has 3 atom stereocenters. The lowest BCUT2D eigenvalue weighted by Crippen LogP contribution is -2.52. The smallest absolute Gasteiger partial charge is 0.326 e. The number of carbonyl (C=O) groups is 3. The lowest BCUT2D eigenvalue weighted by molar-refractivity contribution is -0.385. The van der Waals surface area contributed by atoms with Gasteiger partial charge in [0.25, 0.3) is 0 Å². The maximum absolute atomic E-state index is 13.0. The summed E-state index contributed by atoms with van der Waals surface area (Å²) < 4.78 is 10.9. The van der Waals surface area contributed by atoms with Crippen LogP contribution < -0.4 is 25.4 Å². The molecule has 0 aromatic heterocycles. The molecule has 0 unspecified atom stereocenters. The van der Waals surface area contributed by atoms with E-state index in [4.69, 9.17) is 9.47 Å². The Balaban J connectivity index is 2.36. The Morgan fingerprint density at radius 3 is 2.40 bits per heavy atom. The fraction of sp³-hybridized carbons (Fsp3) is 0.348. The van der Waals surface area contributed by atoms with Crippen LogP contribution in [0.25, 0.3) is 11.1 Å². The average Bonchev–Trinajstić information content (AvgIpc) is 2.82. The molecule has 3 rings (SSSR count). The van der Waals surface area contributed by atoms with Gasteiger partial charge in [-0.1, -0.05) is 6.07 Å². The average molecular weight is 486 g/mol. The molecule has 1 heterocycles. The zero-order valence-corrected chi connectivity index (χ0v) is 19.6. The van der Waals surface area contributed by atoms with Gasteiger partial charge in [-0.15, -0.1) is 0 Å². The van der Waals surface area contributed by atoms with E-state index in [1.807, 2.05) is 0 Å². The second kappa shape index (κ2) is 10.4. The van der Waals surface area contributed by atoms with Gasteiger partial charge in [-0.05, 0) is 43.3 Å². The predicted molar refractivity (Wildman–Crippen MR) is 124 cm³/mol. The zero-order chi connectivity index (χ0) is 25.9. The third-order valence-electron chi connectivity index (χ3n) is 5.73. The minimum atomic E-state index is -1.40. The van der Waals surface area contributed by atoms with Crippen LogP contribution in [0.3, 0.4) is 0 Å². The van der Waals surface area contributed by atoms with Crippen molar-refractivity contribution >= 4 is 23.5 Å². The summed E-state index contributed by atoms with van der Waals surface area (Å²) in [6.07, 6.45) is -0.249. The first-order chi connectivity index (χ1) is 16.6. The van der Waals surface area contributed by atoms with Crippen molar-refractivity contribution < 1.29 is 33.9 Å². The van der Waals surface area contributed by atoms with Gasteiger partial charge in [0.05, 0.1) is 19.1 Å². The molecule has 4 bridgehead atoms. The first-order valence-electron chi connectivity index (χ1n) is 10.7. The summed E-state index contributed by atoms with van der Waals surface area (Å²) in [6, 6.07) is 4.34. The minimum Gasteiger partial charge on any atom is -0.496 e. The number of likely N-dealkylation sites (N-methyl/N-ethyl adjacent to an activating group) is 1. The highest BCUT2D eigenvalue weighted by Gasteiger charge is 2.31. The number of nitrogens with one attached hydrogen (secondary N) is 3. The lowest BCUT2D eigenvalue weighted by atomic mass is 9.93. The number of nitrogens with zero attached hydrogens (tertiary/aromatic N) is 1. The molecule has 0 fully saturated rings. The van der Waals surface area contributed by atoms with Crippen LogP contribution in [0.1, 0.15) is 24.1 Å². The number of carboxylic acid groups (broad SMARTS) is 1. The summed E-state index contributed by atoms with van der Waals surface area (Å²) in [5.74, 6) is -2.27. The molecule has 1 aliphatic rings. The fourth-order valence-electron chi connectivity index (χ4n) is 4.00. The number of hydrogen-bond acceptors (Lipinski definition) is 8. The Hall–Kier alpha value is -4.19. The lowest BCUT2D eigenvalue weighted by Gasteiger charge is -2.24. The van der Waals surface area contributed by atoms with Crippen molar-refractivity contribution in [3.05, 3.63) is 51.6 Å². The van der Waals surface area contributed by atoms with Gasteiger partial charge in [-0.25, -0.2) is 4.79 Å². The van der Waals surface area contributed by atoms with Crippen molar-refractivity contribution in [1.82, 2.24) is 16.0 Å². The Morgan fingerprint density at radius 2 is 1.83 bits per heavy atom. The quantitative estimate of drug-likeness (QED) is 0.358. The van der Waals surface area contributed by atoms with Crippen LogP contribution in [-0.2, 0) is 20.8 Å². The van der Waals surface area contributed by atoms with Crippen molar-refractivity contribution in [3.63, 3.8) is 0 Å². The number of methoxy groups -OCH3 is 2. The summed E-state index contributed by atoms with van der Waals surface area (Å²) >= 11 is 0. The molecule has 186 valence electrons. The number of aliphatic carboxylic acids is 1.